The second kappa shape index (κ2) is 7.56. The highest BCUT2D eigenvalue weighted by atomic mass is 32.2. The molecule has 2 aliphatic rings. The molecule has 1 saturated heterocycles. The number of rotatable bonds is 4. The van der Waals surface area contributed by atoms with Gasteiger partial charge in [-0.15, -0.1) is 0 Å². The van der Waals surface area contributed by atoms with Crippen molar-refractivity contribution in [1.82, 2.24) is 4.31 Å². The van der Waals surface area contributed by atoms with E-state index in [1.54, 1.807) is 9.21 Å². The number of fused-ring (bicyclic) bond motifs is 1. The topological polar surface area (TPSA) is 66.9 Å². The van der Waals surface area contributed by atoms with E-state index in [0.29, 0.717) is 25.9 Å². The Labute approximate surface area is 165 Å². The number of benzene rings is 2. The number of carbonyl (C=O) groups is 1. The van der Waals surface area contributed by atoms with Crippen LogP contribution in [-0.2, 0) is 27.1 Å². The molecule has 0 bridgehead atoms. The highest BCUT2D eigenvalue weighted by Gasteiger charge is 2.37. The molecule has 0 aromatic heterocycles. The SMILES string of the molecule is Cc1cccc2c1N(C1CCN(S(=O)(=O)Cc3ccccc3)CC1)C(=O)OC2. The molecule has 2 heterocycles. The third-order valence-electron chi connectivity index (χ3n) is 5.48. The second-order valence-electron chi connectivity index (χ2n) is 7.38. The summed E-state index contributed by atoms with van der Waals surface area (Å²) < 4.78 is 32.5. The van der Waals surface area contributed by atoms with Gasteiger partial charge in [0.15, 0.2) is 0 Å². The van der Waals surface area contributed by atoms with Crippen LogP contribution in [0.4, 0.5) is 10.5 Å². The average Bonchev–Trinajstić information content (AvgIpc) is 2.69. The van der Waals surface area contributed by atoms with Crippen molar-refractivity contribution in [3.05, 3.63) is 65.2 Å². The first-order valence-electron chi connectivity index (χ1n) is 9.52. The summed E-state index contributed by atoms with van der Waals surface area (Å²) in [6.07, 6.45) is 0.848. The van der Waals surface area contributed by atoms with Crippen molar-refractivity contribution in [3.63, 3.8) is 0 Å². The van der Waals surface area contributed by atoms with E-state index in [1.165, 1.54) is 0 Å². The predicted molar refractivity (Wildman–Crippen MR) is 108 cm³/mol. The minimum atomic E-state index is -3.37. The van der Waals surface area contributed by atoms with Gasteiger partial charge in [0, 0.05) is 24.7 Å². The lowest BCUT2D eigenvalue weighted by atomic mass is 10.00. The van der Waals surface area contributed by atoms with Crippen molar-refractivity contribution in [3.8, 4) is 0 Å². The van der Waals surface area contributed by atoms with Gasteiger partial charge >= 0.3 is 6.09 Å². The maximum absolute atomic E-state index is 12.8. The molecule has 148 valence electrons. The van der Waals surface area contributed by atoms with Gasteiger partial charge in [0.2, 0.25) is 10.0 Å². The fourth-order valence-electron chi connectivity index (χ4n) is 4.07. The lowest BCUT2D eigenvalue weighted by molar-refractivity contribution is 0.135. The number of ether oxygens (including phenoxy) is 1. The molecule has 0 spiro atoms. The Morgan fingerprint density at radius 1 is 1.04 bits per heavy atom. The number of para-hydroxylation sites is 1. The first-order chi connectivity index (χ1) is 13.5. The zero-order valence-electron chi connectivity index (χ0n) is 15.9. The Kier molecular flexibility index (Phi) is 5.12. The van der Waals surface area contributed by atoms with Crippen LogP contribution < -0.4 is 4.90 Å². The van der Waals surface area contributed by atoms with Crippen molar-refractivity contribution in [2.75, 3.05) is 18.0 Å². The summed E-state index contributed by atoms with van der Waals surface area (Å²) in [4.78, 5) is 14.2. The number of aryl methyl sites for hydroxylation is 1. The number of amides is 1. The van der Waals surface area contributed by atoms with Crippen molar-refractivity contribution < 1.29 is 17.9 Å². The van der Waals surface area contributed by atoms with E-state index in [-0.39, 0.29) is 24.5 Å². The highest BCUT2D eigenvalue weighted by Crippen LogP contribution is 2.35. The van der Waals surface area contributed by atoms with Crippen LogP contribution in [0, 0.1) is 6.92 Å². The fourth-order valence-corrected chi connectivity index (χ4v) is 5.63. The molecule has 1 fully saturated rings. The van der Waals surface area contributed by atoms with Crippen LogP contribution >= 0.6 is 0 Å². The quantitative estimate of drug-likeness (QED) is 0.788. The second-order valence-corrected chi connectivity index (χ2v) is 9.35. The number of anilines is 1. The van der Waals surface area contributed by atoms with E-state index in [4.69, 9.17) is 4.74 Å². The lowest BCUT2D eigenvalue weighted by Gasteiger charge is -2.40. The summed E-state index contributed by atoms with van der Waals surface area (Å²) in [5.41, 5.74) is 3.74. The molecule has 0 unspecified atom stereocenters. The van der Waals surface area contributed by atoms with Crippen molar-refractivity contribution >= 4 is 21.8 Å². The molecule has 7 heteroatoms. The third-order valence-corrected chi connectivity index (χ3v) is 7.33. The highest BCUT2D eigenvalue weighted by molar-refractivity contribution is 7.88. The van der Waals surface area contributed by atoms with Gasteiger partial charge in [-0.3, -0.25) is 4.90 Å². The van der Waals surface area contributed by atoms with Gasteiger partial charge in [-0.1, -0.05) is 48.5 Å². The fraction of sp³-hybridized carbons (Fsp3) is 0.381. The molecular formula is C21H24N2O4S. The Morgan fingerprint density at radius 2 is 1.75 bits per heavy atom. The molecule has 2 aromatic carbocycles. The summed E-state index contributed by atoms with van der Waals surface area (Å²) in [5.74, 6) is 0.00615. The van der Waals surface area contributed by atoms with Crippen LogP contribution in [0.3, 0.4) is 0 Å². The van der Waals surface area contributed by atoms with Crippen LogP contribution in [0.25, 0.3) is 0 Å². The summed E-state index contributed by atoms with van der Waals surface area (Å²) in [7, 11) is -3.37. The summed E-state index contributed by atoms with van der Waals surface area (Å²) in [6, 6.07) is 15.1. The molecule has 6 nitrogen and oxygen atoms in total. The Balaban J connectivity index is 1.48. The molecule has 2 aromatic rings. The molecule has 1 amide bonds. The zero-order chi connectivity index (χ0) is 19.7. The Morgan fingerprint density at radius 3 is 2.46 bits per heavy atom. The standard InChI is InChI=1S/C21H24N2O4S/c1-16-6-5-9-18-14-27-21(24)23(20(16)18)19-10-12-22(13-11-19)28(25,26)15-17-7-3-2-4-8-17/h2-9,19H,10-15H2,1H3. The third kappa shape index (κ3) is 3.64. The van der Waals surface area contributed by atoms with Crippen LogP contribution in [0.1, 0.15) is 29.5 Å². The molecule has 0 atom stereocenters. The molecule has 0 saturated carbocycles. The van der Waals surface area contributed by atoms with Crippen molar-refractivity contribution in [2.24, 2.45) is 0 Å². The molecule has 28 heavy (non-hydrogen) atoms. The van der Waals surface area contributed by atoms with Crippen LogP contribution in [0.2, 0.25) is 0 Å². The van der Waals surface area contributed by atoms with Crippen LogP contribution in [0.15, 0.2) is 48.5 Å². The Hall–Kier alpha value is -2.38. The maximum atomic E-state index is 12.8. The summed E-state index contributed by atoms with van der Waals surface area (Å²) in [5, 5.41) is 0. The molecular weight excluding hydrogens is 376 g/mol. The van der Waals surface area contributed by atoms with Crippen molar-refractivity contribution in [2.45, 2.75) is 38.2 Å². The maximum Gasteiger partial charge on any atom is 0.414 e. The number of hydrogen-bond donors (Lipinski definition) is 0. The smallest absolute Gasteiger partial charge is 0.414 e. The van der Waals surface area contributed by atoms with Gasteiger partial charge in [0.05, 0.1) is 11.4 Å². The largest absolute Gasteiger partial charge is 0.444 e. The van der Waals surface area contributed by atoms with Crippen molar-refractivity contribution in [1.29, 1.82) is 0 Å². The van der Waals surface area contributed by atoms with Crippen LogP contribution in [0.5, 0.6) is 0 Å². The number of carbonyl (C=O) groups excluding carboxylic acids is 1. The first kappa shape index (κ1) is 19.0. The summed E-state index contributed by atoms with van der Waals surface area (Å²) in [6.45, 7) is 3.09. The average molecular weight is 401 g/mol. The van der Waals surface area contributed by atoms with E-state index in [0.717, 1.165) is 22.4 Å². The number of sulfonamides is 1. The van der Waals surface area contributed by atoms with E-state index in [9.17, 15) is 13.2 Å². The molecule has 2 aliphatic heterocycles. The van der Waals surface area contributed by atoms with Gasteiger partial charge in [-0.2, -0.15) is 0 Å². The molecule has 0 N–H and O–H groups in total. The number of hydrogen-bond acceptors (Lipinski definition) is 4. The molecule has 4 rings (SSSR count). The monoisotopic (exact) mass is 400 g/mol. The lowest BCUT2D eigenvalue weighted by Crippen LogP contribution is -2.50. The van der Waals surface area contributed by atoms with E-state index in [2.05, 4.69) is 0 Å². The van der Waals surface area contributed by atoms with E-state index >= 15 is 0 Å². The summed E-state index contributed by atoms with van der Waals surface area (Å²) >= 11 is 0. The van der Waals surface area contributed by atoms with Gasteiger partial charge in [-0.05, 0) is 30.9 Å². The van der Waals surface area contributed by atoms with Gasteiger partial charge < -0.3 is 4.74 Å². The minimum Gasteiger partial charge on any atom is -0.444 e. The van der Waals surface area contributed by atoms with Gasteiger partial charge in [0.1, 0.15) is 6.61 Å². The zero-order valence-corrected chi connectivity index (χ0v) is 16.7. The number of piperidine rings is 1. The number of cyclic esters (lactones) is 1. The molecule has 0 aliphatic carbocycles. The first-order valence-corrected chi connectivity index (χ1v) is 11.1. The number of nitrogens with zero attached hydrogens (tertiary/aromatic N) is 2. The van der Waals surface area contributed by atoms with Gasteiger partial charge in [-0.25, -0.2) is 17.5 Å². The predicted octanol–water partition coefficient (Wildman–Crippen LogP) is 3.45. The normalized spacial score (nSPS) is 18.6. The van der Waals surface area contributed by atoms with Crippen LogP contribution in [-0.4, -0.2) is 37.9 Å². The molecule has 0 radical (unpaired) electrons. The van der Waals surface area contributed by atoms with E-state index in [1.807, 2.05) is 55.5 Å². The Bertz CT molecular complexity index is 967. The minimum absolute atomic E-state index is 0.00615. The van der Waals surface area contributed by atoms with E-state index < -0.39 is 10.0 Å². The van der Waals surface area contributed by atoms with Gasteiger partial charge in [0.25, 0.3) is 0 Å².